The van der Waals surface area contributed by atoms with E-state index in [1.54, 1.807) is 30.1 Å². The van der Waals surface area contributed by atoms with Gasteiger partial charge in [0.1, 0.15) is 12.0 Å². The van der Waals surface area contributed by atoms with E-state index in [-0.39, 0.29) is 6.04 Å². The fourth-order valence-electron chi connectivity index (χ4n) is 4.71. The predicted molar refractivity (Wildman–Crippen MR) is 113 cm³/mol. The zero-order chi connectivity index (χ0) is 20.1. The Balaban J connectivity index is 1.52. The summed E-state index contributed by atoms with van der Waals surface area (Å²) in [4.78, 5) is 21.1. The Morgan fingerprint density at radius 3 is 2.80 bits per heavy atom. The summed E-state index contributed by atoms with van der Waals surface area (Å²) in [6.45, 7) is 2.20. The molecule has 5 heterocycles. The lowest BCUT2D eigenvalue weighted by molar-refractivity contribution is 0.468. The molecule has 6 rings (SSSR count). The first-order valence-electron chi connectivity index (χ1n) is 10.3. The third-order valence-electron chi connectivity index (χ3n) is 6.03. The molecule has 1 saturated carbocycles. The van der Waals surface area contributed by atoms with Crippen molar-refractivity contribution in [2.24, 2.45) is 0 Å². The van der Waals surface area contributed by atoms with E-state index in [0.29, 0.717) is 12.0 Å². The molecule has 0 amide bonds. The highest BCUT2D eigenvalue weighted by molar-refractivity contribution is 7.13. The van der Waals surface area contributed by atoms with E-state index in [1.807, 2.05) is 26.9 Å². The molecule has 1 aliphatic heterocycles. The quantitative estimate of drug-likeness (QED) is 0.499. The Kier molecular flexibility index (Phi) is 4.12. The van der Waals surface area contributed by atoms with Crippen LogP contribution in [0.1, 0.15) is 50.9 Å². The van der Waals surface area contributed by atoms with Gasteiger partial charge in [-0.3, -0.25) is 9.13 Å². The maximum atomic E-state index is 5.07. The number of thiazole rings is 1. The molecule has 1 atom stereocenters. The van der Waals surface area contributed by atoms with Gasteiger partial charge in [-0.15, -0.1) is 21.5 Å². The zero-order valence-electron chi connectivity index (χ0n) is 16.6. The summed E-state index contributed by atoms with van der Waals surface area (Å²) >= 11 is 1.55. The largest absolute Gasteiger partial charge is 0.341 e. The molecule has 2 aliphatic rings. The highest BCUT2D eigenvalue weighted by Crippen LogP contribution is 2.42. The maximum Gasteiger partial charge on any atom is 0.237 e. The third kappa shape index (κ3) is 2.59. The predicted octanol–water partition coefficient (Wildman–Crippen LogP) is 3.58. The second-order valence-corrected chi connectivity index (χ2v) is 8.56. The van der Waals surface area contributed by atoms with E-state index in [0.717, 1.165) is 34.6 Å². The Labute approximate surface area is 177 Å². The van der Waals surface area contributed by atoms with Crippen molar-refractivity contribution in [2.75, 3.05) is 4.90 Å². The molecule has 0 bridgehead atoms. The maximum absolute atomic E-state index is 5.07. The van der Waals surface area contributed by atoms with Gasteiger partial charge in [-0.05, 0) is 19.3 Å². The molecule has 10 heteroatoms. The molecule has 1 aliphatic carbocycles. The first kappa shape index (κ1) is 17.7. The summed E-state index contributed by atoms with van der Waals surface area (Å²) in [6.07, 6.45) is 14.9. The van der Waals surface area contributed by atoms with Gasteiger partial charge in [0.15, 0.2) is 22.5 Å². The summed E-state index contributed by atoms with van der Waals surface area (Å²) in [5.74, 6) is 3.28. The summed E-state index contributed by atoms with van der Waals surface area (Å²) in [5.41, 5.74) is 0.936. The Bertz CT molecular complexity index is 1170. The van der Waals surface area contributed by atoms with Gasteiger partial charge in [-0.2, -0.15) is 4.98 Å². The molecule has 152 valence electrons. The fraction of sp³-hybridized carbons (Fsp3) is 0.400. The van der Waals surface area contributed by atoms with Crippen molar-refractivity contribution in [3.63, 3.8) is 0 Å². The summed E-state index contributed by atoms with van der Waals surface area (Å²) < 4.78 is 3.95. The average molecular weight is 420 g/mol. The number of aromatic nitrogens is 8. The van der Waals surface area contributed by atoms with Crippen molar-refractivity contribution in [3.05, 3.63) is 42.3 Å². The van der Waals surface area contributed by atoms with Gasteiger partial charge >= 0.3 is 0 Å². The van der Waals surface area contributed by atoms with Gasteiger partial charge in [-0.25, -0.2) is 15.0 Å². The number of rotatable bonds is 4. The lowest BCUT2D eigenvalue weighted by Crippen LogP contribution is -2.42. The van der Waals surface area contributed by atoms with E-state index in [4.69, 9.17) is 4.98 Å². The molecular formula is C20H21N9S. The standard InChI is InChI=1S/C20H21N9S/c1-2-14-17-26-24-12-28(17)15-11-23-20(25-16(15)29(14)13-5-3-4-6-13)27-9-7-21-18(27)19-22-8-10-30-19/h7-14H,2-6H2,1H3. The lowest BCUT2D eigenvalue weighted by Gasteiger charge is -2.40. The molecule has 0 N–H and O–H groups in total. The van der Waals surface area contributed by atoms with Crippen LogP contribution in [0.3, 0.4) is 0 Å². The Morgan fingerprint density at radius 2 is 2.00 bits per heavy atom. The molecule has 0 spiro atoms. The van der Waals surface area contributed by atoms with Gasteiger partial charge in [0.05, 0.1) is 12.2 Å². The monoisotopic (exact) mass is 419 g/mol. The topological polar surface area (TPSA) is 90.4 Å². The van der Waals surface area contributed by atoms with Gasteiger partial charge in [-0.1, -0.05) is 19.8 Å². The van der Waals surface area contributed by atoms with Crippen LogP contribution in [0.15, 0.2) is 36.5 Å². The SMILES string of the molecule is CCC1c2nncn2-c2cnc(-n3ccnc3-c3nccs3)nc2N1C1CCCC1. The van der Waals surface area contributed by atoms with Gasteiger partial charge in [0.25, 0.3) is 0 Å². The molecule has 1 fully saturated rings. The molecule has 0 saturated heterocycles. The average Bonchev–Trinajstić information content (AvgIpc) is 3.57. The number of anilines is 1. The van der Waals surface area contributed by atoms with Crippen molar-refractivity contribution in [3.8, 4) is 22.5 Å². The second-order valence-electron chi connectivity index (χ2n) is 7.67. The van der Waals surface area contributed by atoms with Crippen molar-refractivity contribution >= 4 is 17.2 Å². The third-order valence-corrected chi connectivity index (χ3v) is 6.80. The van der Waals surface area contributed by atoms with Crippen LogP contribution in [0.4, 0.5) is 5.82 Å². The van der Waals surface area contributed by atoms with Gasteiger partial charge in [0, 0.05) is 30.0 Å². The normalized spacial score (nSPS) is 18.6. The molecule has 1 unspecified atom stereocenters. The number of hydrogen-bond donors (Lipinski definition) is 0. The smallest absolute Gasteiger partial charge is 0.237 e. The minimum atomic E-state index is 0.159. The molecule has 4 aromatic rings. The van der Waals surface area contributed by atoms with Crippen LogP contribution in [0, 0.1) is 0 Å². The molecule has 0 radical (unpaired) electrons. The van der Waals surface area contributed by atoms with Crippen molar-refractivity contribution in [1.29, 1.82) is 0 Å². The molecule has 4 aromatic heterocycles. The van der Waals surface area contributed by atoms with Crippen LogP contribution in [-0.4, -0.2) is 45.3 Å². The summed E-state index contributed by atoms with van der Waals surface area (Å²) in [6, 6.07) is 0.621. The van der Waals surface area contributed by atoms with Crippen LogP contribution in [-0.2, 0) is 0 Å². The second kappa shape index (κ2) is 6.98. The van der Waals surface area contributed by atoms with E-state index < -0.39 is 0 Å². The minimum absolute atomic E-state index is 0.159. The first-order valence-corrected chi connectivity index (χ1v) is 11.2. The number of imidazole rings is 1. The highest BCUT2D eigenvalue weighted by atomic mass is 32.1. The van der Waals surface area contributed by atoms with E-state index in [1.165, 1.54) is 25.7 Å². The van der Waals surface area contributed by atoms with E-state index in [2.05, 4.69) is 37.0 Å². The van der Waals surface area contributed by atoms with Crippen LogP contribution < -0.4 is 4.90 Å². The van der Waals surface area contributed by atoms with Crippen LogP contribution in [0.5, 0.6) is 0 Å². The fourth-order valence-corrected chi connectivity index (χ4v) is 5.34. The highest BCUT2D eigenvalue weighted by Gasteiger charge is 2.38. The van der Waals surface area contributed by atoms with Crippen molar-refractivity contribution in [1.82, 2.24) is 39.3 Å². The van der Waals surface area contributed by atoms with Crippen molar-refractivity contribution in [2.45, 2.75) is 51.1 Å². The Morgan fingerprint density at radius 1 is 1.10 bits per heavy atom. The molecular weight excluding hydrogens is 398 g/mol. The lowest BCUT2D eigenvalue weighted by atomic mass is 10.0. The minimum Gasteiger partial charge on any atom is -0.341 e. The van der Waals surface area contributed by atoms with Crippen LogP contribution in [0.2, 0.25) is 0 Å². The number of fused-ring (bicyclic) bond motifs is 3. The van der Waals surface area contributed by atoms with Gasteiger partial charge < -0.3 is 4.90 Å². The molecule has 9 nitrogen and oxygen atoms in total. The molecule has 30 heavy (non-hydrogen) atoms. The van der Waals surface area contributed by atoms with Crippen molar-refractivity contribution < 1.29 is 0 Å². The van der Waals surface area contributed by atoms with E-state index >= 15 is 0 Å². The zero-order valence-corrected chi connectivity index (χ0v) is 17.4. The van der Waals surface area contributed by atoms with Crippen LogP contribution in [0.25, 0.3) is 22.5 Å². The number of nitrogens with zero attached hydrogens (tertiary/aromatic N) is 9. The summed E-state index contributed by atoms with van der Waals surface area (Å²) in [5, 5.41) is 11.4. The Hall–Kier alpha value is -3.14. The van der Waals surface area contributed by atoms with Crippen LogP contribution >= 0.6 is 11.3 Å². The molecule has 0 aromatic carbocycles. The van der Waals surface area contributed by atoms with Gasteiger partial charge in [0.2, 0.25) is 5.95 Å². The first-order chi connectivity index (χ1) is 14.8. The summed E-state index contributed by atoms with van der Waals surface area (Å²) in [7, 11) is 0. The van der Waals surface area contributed by atoms with E-state index in [9.17, 15) is 0 Å². The number of hydrogen-bond acceptors (Lipinski definition) is 8.